The first-order valence-corrected chi connectivity index (χ1v) is 10.1. The van der Waals surface area contributed by atoms with Crippen molar-refractivity contribution in [3.63, 3.8) is 0 Å². The second-order valence-corrected chi connectivity index (χ2v) is 7.10. The van der Waals surface area contributed by atoms with Crippen molar-refractivity contribution in [1.29, 1.82) is 0 Å². The summed E-state index contributed by atoms with van der Waals surface area (Å²) in [6.45, 7) is 2.27. The van der Waals surface area contributed by atoms with Crippen LogP contribution < -0.4 is 27.0 Å². The van der Waals surface area contributed by atoms with Crippen LogP contribution in [0.1, 0.15) is 22.0 Å². The van der Waals surface area contributed by atoms with Gasteiger partial charge in [0.05, 0.1) is 12.7 Å². The van der Waals surface area contributed by atoms with Crippen molar-refractivity contribution in [2.24, 2.45) is 0 Å². The fraction of sp³-hybridized carbons (Fsp3) is 0.238. The van der Waals surface area contributed by atoms with E-state index in [-0.39, 0.29) is 23.9 Å². The summed E-state index contributed by atoms with van der Waals surface area (Å²) >= 11 is 0. The van der Waals surface area contributed by atoms with E-state index in [9.17, 15) is 9.59 Å². The first kappa shape index (κ1) is 21.3. The summed E-state index contributed by atoms with van der Waals surface area (Å²) in [6, 6.07) is 13.6. The summed E-state index contributed by atoms with van der Waals surface area (Å²) in [4.78, 5) is 28.3. The third kappa shape index (κ3) is 4.85. The molecule has 1 aliphatic heterocycles. The highest BCUT2D eigenvalue weighted by molar-refractivity contribution is 5.94. The van der Waals surface area contributed by atoms with Crippen molar-refractivity contribution in [3.8, 4) is 0 Å². The van der Waals surface area contributed by atoms with E-state index in [0.717, 1.165) is 23.3 Å². The Balaban J connectivity index is 1.39. The van der Waals surface area contributed by atoms with Crippen LogP contribution in [-0.4, -0.2) is 53.4 Å². The predicted octanol–water partition coefficient (Wildman–Crippen LogP) is 1.70. The van der Waals surface area contributed by atoms with Crippen molar-refractivity contribution >= 4 is 35.2 Å². The lowest BCUT2D eigenvalue weighted by atomic mass is 10.1. The number of morpholine rings is 1. The third-order valence-corrected chi connectivity index (χ3v) is 4.92. The molecule has 2 aromatic carbocycles. The van der Waals surface area contributed by atoms with Gasteiger partial charge in [-0.05, 0) is 42.0 Å². The van der Waals surface area contributed by atoms with Crippen LogP contribution in [0.2, 0.25) is 0 Å². The Morgan fingerprint density at radius 2 is 1.84 bits per heavy atom. The number of carbonyl (C=O) groups is 2. The summed E-state index contributed by atoms with van der Waals surface area (Å²) in [5, 5.41) is 15.7. The predicted molar refractivity (Wildman–Crippen MR) is 120 cm³/mol. The maximum atomic E-state index is 12.6. The summed E-state index contributed by atoms with van der Waals surface area (Å²) in [6.07, 6.45) is -0.00137. The van der Waals surface area contributed by atoms with Gasteiger partial charge >= 0.3 is 6.03 Å². The van der Waals surface area contributed by atoms with E-state index < -0.39 is 6.03 Å². The number of aromatic nitrogens is 3. The molecule has 11 heteroatoms. The molecule has 0 spiro atoms. The molecular formula is C21H24N8O3. The number of nitrogen functional groups attached to an aromatic ring is 1. The average molecular weight is 436 g/mol. The van der Waals surface area contributed by atoms with Crippen molar-refractivity contribution in [3.05, 3.63) is 59.7 Å². The molecule has 4 rings (SSSR count). The molecule has 6 N–H and O–H groups in total. The molecule has 0 saturated carbocycles. The second kappa shape index (κ2) is 9.45. The molecule has 166 valence electrons. The summed E-state index contributed by atoms with van der Waals surface area (Å²) in [7, 11) is 1.57. The van der Waals surface area contributed by atoms with Crippen LogP contribution in [0.3, 0.4) is 0 Å². The van der Waals surface area contributed by atoms with Crippen LogP contribution in [0.25, 0.3) is 0 Å². The minimum absolute atomic E-state index is 0.00137. The number of hydrogen-bond donors (Lipinski definition) is 5. The van der Waals surface area contributed by atoms with E-state index in [1.165, 1.54) is 0 Å². The van der Waals surface area contributed by atoms with E-state index in [4.69, 9.17) is 10.5 Å². The molecular weight excluding hydrogens is 412 g/mol. The van der Waals surface area contributed by atoms with Crippen molar-refractivity contribution in [2.75, 3.05) is 43.1 Å². The summed E-state index contributed by atoms with van der Waals surface area (Å²) < 4.78 is 6.71. The van der Waals surface area contributed by atoms with Gasteiger partial charge in [0.15, 0.2) is 0 Å². The highest BCUT2D eigenvalue weighted by Crippen LogP contribution is 2.21. The maximum Gasteiger partial charge on any atom is 0.349 e. The molecule has 1 aliphatic rings. The average Bonchev–Trinajstić information content (AvgIpc) is 3.20. The van der Waals surface area contributed by atoms with Crippen LogP contribution in [0.15, 0.2) is 48.5 Å². The van der Waals surface area contributed by atoms with E-state index in [1.807, 2.05) is 12.1 Å². The Hall–Kier alpha value is -3.96. The minimum Gasteiger partial charge on any atom is -0.371 e. The van der Waals surface area contributed by atoms with Gasteiger partial charge in [-0.2, -0.15) is 4.98 Å². The Morgan fingerprint density at radius 1 is 1.12 bits per heavy atom. The van der Waals surface area contributed by atoms with E-state index in [0.29, 0.717) is 23.5 Å². The first-order chi connectivity index (χ1) is 15.5. The van der Waals surface area contributed by atoms with Gasteiger partial charge in [-0.1, -0.05) is 12.1 Å². The molecule has 1 atom stereocenters. The van der Waals surface area contributed by atoms with Crippen molar-refractivity contribution in [2.45, 2.75) is 6.10 Å². The number of anilines is 4. The van der Waals surface area contributed by atoms with Crippen LogP contribution in [-0.2, 0) is 4.74 Å². The van der Waals surface area contributed by atoms with Crippen LogP contribution in [0, 0.1) is 0 Å². The summed E-state index contributed by atoms with van der Waals surface area (Å²) in [5.74, 6) is -0.0937. The Bertz CT molecular complexity index is 1090. The number of rotatable bonds is 5. The number of nitrogens with one attached hydrogen (secondary N) is 4. The van der Waals surface area contributed by atoms with Crippen LogP contribution in [0.4, 0.5) is 28.1 Å². The highest BCUT2D eigenvalue weighted by atomic mass is 16.5. The molecule has 32 heavy (non-hydrogen) atoms. The molecule has 1 unspecified atom stereocenters. The summed E-state index contributed by atoms with van der Waals surface area (Å²) in [5.41, 5.74) is 8.66. The second-order valence-electron chi connectivity index (χ2n) is 7.10. The molecule has 2 heterocycles. The topological polar surface area (TPSA) is 148 Å². The number of amides is 2. The molecule has 2 amide bonds. The highest BCUT2D eigenvalue weighted by Gasteiger charge is 2.17. The van der Waals surface area contributed by atoms with Crippen molar-refractivity contribution < 1.29 is 14.3 Å². The standard InChI is InChI=1S/C21H24N8O3/c1-23-18(30)14-4-8-15(9-5-14)25-20-27-19(22)29(28-20)21(31)26-16-6-2-13(3-7-16)17-12-24-10-11-32-17/h2-9,17,24H,10-12H2,1H3,(H,23,30)(H,26,31)(H3,22,25,27,28). The molecule has 3 aromatic rings. The van der Waals surface area contributed by atoms with Gasteiger partial charge in [0, 0.05) is 37.1 Å². The number of hydrogen-bond acceptors (Lipinski definition) is 8. The molecule has 1 aromatic heterocycles. The normalized spacial score (nSPS) is 15.7. The smallest absolute Gasteiger partial charge is 0.349 e. The number of nitrogens with zero attached hydrogens (tertiary/aromatic N) is 3. The molecule has 1 saturated heterocycles. The fourth-order valence-corrected chi connectivity index (χ4v) is 3.24. The Kier molecular flexibility index (Phi) is 6.29. The zero-order valence-electron chi connectivity index (χ0n) is 17.5. The number of carbonyl (C=O) groups excluding carboxylic acids is 2. The molecule has 1 fully saturated rings. The van der Waals surface area contributed by atoms with Crippen molar-refractivity contribution in [1.82, 2.24) is 25.4 Å². The Labute approximate surface area is 184 Å². The zero-order valence-corrected chi connectivity index (χ0v) is 17.5. The lowest BCUT2D eigenvalue weighted by molar-refractivity contribution is 0.0277. The monoisotopic (exact) mass is 436 g/mol. The minimum atomic E-state index is -0.540. The van der Waals surface area contributed by atoms with Gasteiger partial charge in [-0.25, -0.2) is 4.79 Å². The first-order valence-electron chi connectivity index (χ1n) is 10.1. The largest absolute Gasteiger partial charge is 0.371 e. The van der Waals surface area contributed by atoms with Gasteiger partial charge < -0.3 is 31.7 Å². The third-order valence-electron chi connectivity index (χ3n) is 4.92. The number of ether oxygens (including phenoxy) is 1. The lowest BCUT2D eigenvalue weighted by Crippen LogP contribution is -2.33. The quantitative estimate of drug-likeness (QED) is 0.406. The molecule has 0 bridgehead atoms. The molecule has 11 nitrogen and oxygen atoms in total. The SMILES string of the molecule is CNC(=O)c1ccc(Nc2nc(N)n(C(=O)Nc3ccc(C4CNCCO4)cc3)n2)cc1. The van der Waals surface area contributed by atoms with E-state index in [2.05, 4.69) is 31.3 Å². The van der Waals surface area contributed by atoms with Gasteiger partial charge in [-0.15, -0.1) is 9.78 Å². The fourth-order valence-electron chi connectivity index (χ4n) is 3.24. The molecule has 0 radical (unpaired) electrons. The zero-order chi connectivity index (χ0) is 22.5. The van der Waals surface area contributed by atoms with Gasteiger partial charge in [0.2, 0.25) is 11.9 Å². The van der Waals surface area contributed by atoms with E-state index >= 15 is 0 Å². The van der Waals surface area contributed by atoms with Gasteiger partial charge in [0.25, 0.3) is 5.91 Å². The van der Waals surface area contributed by atoms with E-state index in [1.54, 1.807) is 43.4 Å². The van der Waals surface area contributed by atoms with Gasteiger partial charge in [0.1, 0.15) is 0 Å². The number of benzene rings is 2. The van der Waals surface area contributed by atoms with Gasteiger partial charge in [-0.3, -0.25) is 4.79 Å². The van der Waals surface area contributed by atoms with Crippen LogP contribution in [0.5, 0.6) is 0 Å². The maximum absolute atomic E-state index is 12.6. The molecule has 0 aliphatic carbocycles. The van der Waals surface area contributed by atoms with Crippen LogP contribution >= 0.6 is 0 Å². The Morgan fingerprint density at radius 3 is 2.50 bits per heavy atom. The lowest BCUT2D eigenvalue weighted by Gasteiger charge is -2.24. The number of nitrogens with two attached hydrogens (primary N) is 1.